The zero-order valence-corrected chi connectivity index (χ0v) is 15.6. The number of aromatic nitrogens is 2. The smallest absolute Gasteiger partial charge is 0.338 e. The Hall–Kier alpha value is -3.48. The van der Waals surface area contributed by atoms with Crippen molar-refractivity contribution in [2.45, 2.75) is 19.6 Å². The lowest BCUT2D eigenvalue weighted by molar-refractivity contribution is -0.139. The summed E-state index contributed by atoms with van der Waals surface area (Å²) in [4.78, 5) is 26.2. The minimum Gasteiger partial charge on any atom is -0.449 e. The Morgan fingerprint density at radius 1 is 1.18 bits per heavy atom. The van der Waals surface area contributed by atoms with E-state index < -0.39 is 12.1 Å². The van der Waals surface area contributed by atoms with Crippen LogP contribution in [0.5, 0.6) is 0 Å². The largest absolute Gasteiger partial charge is 0.449 e. The van der Waals surface area contributed by atoms with Crippen molar-refractivity contribution < 1.29 is 18.7 Å². The number of likely N-dealkylation sites (N-methyl/N-ethyl adjacent to an activating group) is 1. The van der Waals surface area contributed by atoms with Crippen LogP contribution in [0.1, 0.15) is 22.8 Å². The number of amides is 1. The van der Waals surface area contributed by atoms with E-state index in [0.717, 1.165) is 5.69 Å². The highest BCUT2D eigenvalue weighted by molar-refractivity contribution is 5.92. The van der Waals surface area contributed by atoms with Gasteiger partial charge in [0, 0.05) is 26.0 Å². The van der Waals surface area contributed by atoms with Gasteiger partial charge in [0.15, 0.2) is 6.10 Å². The van der Waals surface area contributed by atoms with Crippen molar-refractivity contribution in [3.05, 3.63) is 83.9 Å². The van der Waals surface area contributed by atoms with Gasteiger partial charge < -0.3 is 9.64 Å². The fourth-order valence-corrected chi connectivity index (χ4v) is 2.75. The molecule has 144 valence electrons. The average molecular weight is 381 g/mol. The Balaban J connectivity index is 1.59. The van der Waals surface area contributed by atoms with Gasteiger partial charge in [-0.05, 0) is 55.0 Å². The van der Waals surface area contributed by atoms with E-state index in [1.807, 2.05) is 0 Å². The number of esters is 1. The van der Waals surface area contributed by atoms with Crippen molar-refractivity contribution >= 4 is 11.9 Å². The van der Waals surface area contributed by atoms with Crippen LogP contribution in [0.15, 0.2) is 67.0 Å². The normalized spacial score (nSPS) is 11.7. The molecular weight excluding hydrogens is 361 g/mol. The van der Waals surface area contributed by atoms with E-state index in [-0.39, 0.29) is 18.3 Å². The van der Waals surface area contributed by atoms with Crippen molar-refractivity contribution in [2.24, 2.45) is 0 Å². The fraction of sp³-hybridized carbons (Fsp3) is 0.190. The molecule has 0 radical (unpaired) electrons. The molecule has 6 nitrogen and oxygen atoms in total. The molecule has 3 aromatic rings. The number of carbonyl (C=O) groups is 2. The first-order chi connectivity index (χ1) is 13.4. The molecule has 0 spiro atoms. The first kappa shape index (κ1) is 19.3. The summed E-state index contributed by atoms with van der Waals surface area (Å²) < 4.78 is 20.2. The van der Waals surface area contributed by atoms with E-state index in [0.29, 0.717) is 11.1 Å². The summed E-state index contributed by atoms with van der Waals surface area (Å²) in [5.74, 6) is -1.32. The van der Waals surface area contributed by atoms with E-state index in [2.05, 4.69) is 5.10 Å². The molecule has 0 saturated heterocycles. The Kier molecular flexibility index (Phi) is 5.84. The zero-order valence-electron chi connectivity index (χ0n) is 15.6. The standard InChI is InChI=1S/C21H20FN3O3/c1-15(20(26)24(2)14-16-5-3-6-18(22)13-16)28-21(27)17-7-9-19(10-8-17)25-12-4-11-23-25/h3-13,15H,14H2,1-2H3. The Labute approximate surface area is 162 Å². The van der Waals surface area contributed by atoms with Crippen LogP contribution in [0.25, 0.3) is 5.69 Å². The van der Waals surface area contributed by atoms with Gasteiger partial charge in [0.25, 0.3) is 5.91 Å². The van der Waals surface area contributed by atoms with Crippen molar-refractivity contribution in [1.29, 1.82) is 0 Å². The van der Waals surface area contributed by atoms with Gasteiger partial charge in [-0.3, -0.25) is 4.79 Å². The maximum atomic E-state index is 13.3. The molecule has 0 N–H and O–H groups in total. The van der Waals surface area contributed by atoms with Crippen LogP contribution in [-0.4, -0.2) is 39.7 Å². The summed E-state index contributed by atoms with van der Waals surface area (Å²) in [7, 11) is 1.58. The minimum absolute atomic E-state index is 0.219. The van der Waals surface area contributed by atoms with Gasteiger partial charge in [-0.2, -0.15) is 5.10 Å². The summed E-state index contributed by atoms with van der Waals surface area (Å²) in [6.45, 7) is 1.73. The number of nitrogens with zero attached hydrogens (tertiary/aromatic N) is 3. The second-order valence-electron chi connectivity index (χ2n) is 6.37. The van der Waals surface area contributed by atoms with Gasteiger partial charge in [0.1, 0.15) is 5.82 Å². The molecule has 0 fully saturated rings. The molecule has 3 rings (SSSR count). The molecular formula is C21H20FN3O3. The predicted octanol–water partition coefficient (Wildman–Crippen LogP) is 3.22. The summed E-state index contributed by atoms with van der Waals surface area (Å²) in [5.41, 5.74) is 1.80. The molecule has 1 heterocycles. The zero-order chi connectivity index (χ0) is 20.1. The van der Waals surface area contributed by atoms with Crippen LogP contribution in [0.3, 0.4) is 0 Å². The quantitative estimate of drug-likeness (QED) is 0.615. The molecule has 7 heteroatoms. The number of hydrogen-bond acceptors (Lipinski definition) is 4. The first-order valence-electron chi connectivity index (χ1n) is 8.74. The fourth-order valence-electron chi connectivity index (χ4n) is 2.75. The molecule has 0 saturated carbocycles. The van der Waals surface area contributed by atoms with Gasteiger partial charge in [-0.25, -0.2) is 13.9 Å². The minimum atomic E-state index is -0.961. The van der Waals surface area contributed by atoms with Crippen molar-refractivity contribution in [1.82, 2.24) is 14.7 Å². The van der Waals surface area contributed by atoms with Gasteiger partial charge in [-0.1, -0.05) is 12.1 Å². The number of hydrogen-bond donors (Lipinski definition) is 0. The molecule has 1 atom stereocenters. The van der Waals surface area contributed by atoms with Gasteiger partial charge in [0.2, 0.25) is 0 Å². The van der Waals surface area contributed by atoms with Crippen LogP contribution >= 0.6 is 0 Å². The van der Waals surface area contributed by atoms with E-state index in [1.54, 1.807) is 66.6 Å². The monoisotopic (exact) mass is 381 g/mol. The first-order valence-corrected chi connectivity index (χ1v) is 8.74. The maximum absolute atomic E-state index is 13.3. The van der Waals surface area contributed by atoms with Crippen LogP contribution in [0.4, 0.5) is 4.39 Å². The second-order valence-corrected chi connectivity index (χ2v) is 6.37. The molecule has 28 heavy (non-hydrogen) atoms. The van der Waals surface area contributed by atoms with E-state index in [4.69, 9.17) is 4.74 Å². The topological polar surface area (TPSA) is 64.4 Å². The summed E-state index contributed by atoms with van der Waals surface area (Å²) in [5, 5.41) is 4.12. The molecule has 0 aliphatic carbocycles. The Bertz CT molecular complexity index is 955. The highest BCUT2D eigenvalue weighted by atomic mass is 19.1. The summed E-state index contributed by atoms with van der Waals surface area (Å²) in [6.07, 6.45) is 2.50. The lowest BCUT2D eigenvalue weighted by Gasteiger charge is -2.21. The number of benzene rings is 2. The molecule has 2 aromatic carbocycles. The Morgan fingerprint density at radius 3 is 2.57 bits per heavy atom. The third kappa shape index (κ3) is 4.62. The molecule has 0 aliphatic rings. The highest BCUT2D eigenvalue weighted by Gasteiger charge is 2.22. The van der Waals surface area contributed by atoms with Crippen molar-refractivity contribution in [3.8, 4) is 5.69 Å². The lowest BCUT2D eigenvalue weighted by atomic mass is 10.2. The Morgan fingerprint density at radius 2 is 1.93 bits per heavy atom. The number of halogens is 1. The van der Waals surface area contributed by atoms with Crippen molar-refractivity contribution in [2.75, 3.05) is 7.05 Å². The molecule has 1 unspecified atom stereocenters. The average Bonchev–Trinajstić information content (AvgIpc) is 3.22. The number of rotatable bonds is 6. The maximum Gasteiger partial charge on any atom is 0.338 e. The highest BCUT2D eigenvalue weighted by Crippen LogP contribution is 2.12. The van der Waals surface area contributed by atoms with E-state index >= 15 is 0 Å². The SMILES string of the molecule is CC(OC(=O)c1ccc(-n2cccn2)cc1)C(=O)N(C)Cc1cccc(F)c1. The lowest BCUT2D eigenvalue weighted by Crippen LogP contribution is -2.37. The molecule has 0 bridgehead atoms. The van der Waals surface area contributed by atoms with Crippen molar-refractivity contribution in [3.63, 3.8) is 0 Å². The van der Waals surface area contributed by atoms with Gasteiger partial charge in [0.05, 0.1) is 11.3 Å². The van der Waals surface area contributed by atoms with Crippen LogP contribution in [-0.2, 0) is 16.1 Å². The molecule has 1 amide bonds. The summed E-state index contributed by atoms with van der Waals surface area (Å²) in [6, 6.07) is 14.5. The molecule has 1 aromatic heterocycles. The van der Waals surface area contributed by atoms with E-state index in [1.165, 1.54) is 24.0 Å². The number of carbonyl (C=O) groups excluding carboxylic acids is 2. The predicted molar refractivity (Wildman–Crippen MR) is 101 cm³/mol. The molecule has 0 aliphatic heterocycles. The third-order valence-electron chi connectivity index (χ3n) is 4.19. The number of ether oxygens (including phenoxy) is 1. The summed E-state index contributed by atoms with van der Waals surface area (Å²) >= 11 is 0. The third-order valence-corrected chi connectivity index (χ3v) is 4.19. The van der Waals surface area contributed by atoms with E-state index in [9.17, 15) is 14.0 Å². The second kappa shape index (κ2) is 8.47. The van der Waals surface area contributed by atoms with Crippen LogP contribution in [0.2, 0.25) is 0 Å². The van der Waals surface area contributed by atoms with Gasteiger partial charge >= 0.3 is 5.97 Å². The van der Waals surface area contributed by atoms with Crippen LogP contribution < -0.4 is 0 Å². The van der Waals surface area contributed by atoms with Gasteiger partial charge in [-0.15, -0.1) is 0 Å². The van der Waals surface area contributed by atoms with Crippen LogP contribution in [0, 0.1) is 5.82 Å².